The van der Waals surface area contributed by atoms with Crippen molar-refractivity contribution >= 4 is 33.4 Å². The summed E-state index contributed by atoms with van der Waals surface area (Å²) in [5, 5.41) is 2.88. The number of nitrogens with one attached hydrogen (secondary N) is 1. The summed E-state index contributed by atoms with van der Waals surface area (Å²) < 4.78 is 0.930. The van der Waals surface area contributed by atoms with Gasteiger partial charge >= 0.3 is 0 Å². The number of carbonyl (C=O) groups excluding carboxylic acids is 2. The van der Waals surface area contributed by atoms with Gasteiger partial charge in [-0.1, -0.05) is 41.8 Å². The second-order valence-electron chi connectivity index (χ2n) is 6.37. The number of carbonyl (C=O) groups is 2. The summed E-state index contributed by atoms with van der Waals surface area (Å²) in [5.74, 6) is 0.201. The van der Waals surface area contributed by atoms with Gasteiger partial charge in [0.05, 0.1) is 0 Å². The zero-order chi connectivity index (χ0) is 16.7. The van der Waals surface area contributed by atoms with Crippen LogP contribution >= 0.6 is 15.9 Å². The molecule has 1 aromatic carbocycles. The van der Waals surface area contributed by atoms with Gasteiger partial charge in [-0.05, 0) is 37.0 Å². The van der Waals surface area contributed by atoms with E-state index in [2.05, 4.69) is 21.2 Å². The van der Waals surface area contributed by atoms with E-state index >= 15 is 0 Å². The highest BCUT2D eigenvalue weighted by molar-refractivity contribution is 9.10. The Balaban J connectivity index is 1.77. The maximum absolute atomic E-state index is 12.3. The van der Waals surface area contributed by atoms with Crippen LogP contribution < -0.4 is 5.32 Å². The molecule has 126 valence electrons. The third kappa shape index (κ3) is 6.34. The summed E-state index contributed by atoms with van der Waals surface area (Å²) in [6.07, 6.45) is 5.45. The van der Waals surface area contributed by atoms with Crippen LogP contribution in [0.1, 0.15) is 45.4 Å². The van der Waals surface area contributed by atoms with Crippen molar-refractivity contribution in [3.05, 3.63) is 28.7 Å². The maximum Gasteiger partial charge on any atom is 0.224 e. The lowest BCUT2D eigenvalue weighted by Crippen LogP contribution is -2.33. The summed E-state index contributed by atoms with van der Waals surface area (Å²) in [6.45, 7) is 3.71. The predicted molar refractivity (Wildman–Crippen MR) is 96.2 cm³/mol. The molecule has 1 aliphatic rings. The molecule has 1 N–H and O–H groups in total. The monoisotopic (exact) mass is 380 g/mol. The number of amides is 2. The molecule has 0 bridgehead atoms. The van der Waals surface area contributed by atoms with Crippen LogP contribution in [0, 0.1) is 5.92 Å². The van der Waals surface area contributed by atoms with Gasteiger partial charge in [-0.25, -0.2) is 0 Å². The molecule has 0 aliphatic carbocycles. The minimum absolute atomic E-state index is 0.0423. The average molecular weight is 381 g/mol. The number of likely N-dealkylation sites (tertiary alicyclic amines) is 1. The van der Waals surface area contributed by atoms with Crippen molar-refractivity contribution in [2.24, 2.45) is 5.92 Å². The lowest BCUT2D eigenvalue weighted by molar-refractivity contribution is -0.132. The van der Waals surface area contributed by atoms with E-state index in [4.69, 9.17) is 0 Å². The lowest BCUT2D eigenvalue weighted by Gasteiger charge is -2.22. The molecule has 0 saturated carbocycles. The van der Waals surface area contributed by atoms with Crippen molar-refractivity contribution in [2.45, 2.75) is 45.4 Å². The van der Waals surface area contributed by atoms with Crippen molar-refractivity contribution in [3.8, 4) is 0 Å². The second-order valence-corrected chi connectivity index (χ2v) is 7.28. The standard InChI is InChI=1S/C18H25BrN2O2/c1-14(12-18(23)21-9-4-2-3-5-10-21)11-17(22)20-16-8-6-7-15(19)13-16/h6-8,13-14H,2-5,9-12H2,1H3,(H,20,22)/t14-/m0/s1. The minimum Gasteiger partial charge on any atom is -0.343 e. The minimum atomic E-state index is -0.0423. The molecule has 1 atom stereocenters. The Bertz CT molecular complexity index is 540. The topological polar surface area (TPSA) is 49.4 Å². The van der Waals surface area contributed by atoms with E-state index in [0.717, 1.165) is 36.1 Å². The zero-order valence-corrected chi connectivity index (χ0v) is 15.3. The number of benzene rings is 1. The van der Waals surface area contributed by atoms with Crippen LogP contribution in [0.25, 0.3) is 0 Å². The van der Waals surface area contributed by atoms with Gasteiger partial charge in [-0.2, -0.15) is 0 Å². The Morgan fingerprint density at radius 1 is 1.17 bits per heavy atom. The molecule has 2 amide bonds. The quantitative estimate of drug-likeness (QED) is 0.831. The Kier molecular flexibility index (Phi) is 7.09. The highest BCUT2D eigenvalue weighted by atomic mass is 79.9. The first-order valence-corrected chi connectivity index (χ1v) is 9.17. The van der Waals surface area contributed by atoms with Crippen molar-refractivity contribution < 1.29 is 9.59 Å². The number of hydrogen-bond acceptors (Lipinski definition) is 2. The number of nitrogens with zero attached hydrogens (tertiary/aromatic N) is 1. The van der Waals surface area contributed by atoms with Gasteiger partial charge in [0.25, 0.3) is 0 Å². The fraction of sp³-hybridized carbons (Fsp3) is 0.556. The SMILES string of the molecule is C[C@@H](CC(=O)Nc1cccc(Br)c1)CC(=O)N1CCCCCC1. The van der Waals surface area contributed by atoms with Crippen LogP contribution in [-0.4, -0.2) is 29.8 Å². The molecule has 1 fully saturated rings. The molecule has 2 rings (SSSR count). The molecule has 1 aliphatic heterocycles. The van der Waals surface area contributed by atoms with Crippen LogP contribution in [0.3, 0.4) is 0 Å². The van der Waals surface area contributed by atoms with Gasteiger partial charge in [0.2, 0.25) is 11.8 Å². The largest absolute Gasteiger partial charge is 0.343 e. The average Bonchev–Trinajstić information content (AvgIpc) is 2.75. The molecule has 5 heteroatoms. The first-order valence-electron chi connectivity index (χ1n) is 8.38. The van der Waals surface area contributed by atoms with Gasteiger partial charge in [0, 0.05) is 36.1 Å². The van der Waals surface area contributed by atoms with Crippen molar-refractivity contribution in [1.82, 2.24) is 4.90 Å². The summed E-state index contributed by atoms with van der Waals surface area (Å²) >= 11 is 3.38. The van der Waals surface area contributed by atoms with Crippen LogP contribution in [0.15, 0.2) is 28.7 Å². The van der Waals surface area contributed by atoms with Crippen LogP contribution in [0.5, 0.6) is 0 Å². The Labute approximate surface area is 146 Å². The summed E-state index contributed by atoms with van der Waals surface area (Å²) in [4.78, 5) is 26.4. The first-order chi connectivity index (χ1) is 11.0. The summed E-state index contributed by atoms with van der Waals surface area (Å²) in [6, 6.07) is 7.52. The molecular formula is C18H25BrN2O2. The normalized spacial score (nSPS) is 16.5. The number of rotatable bonds is 5. The van der Waals surface area contributed by atoms with Crippen molar-refractivity contribution in [3.63, 3.8) is 0 Å². The Morgan fingerprint density at radius 3 is 2.52 bits per heavy atom. The third-order valence-corrected chi connectivity index (χ3v) is 4.62. The molecule has 23 heavy (non-hydrogen) atoms. The Hall–Kier alpha value is -1.36. The fourth-order valence-corrected chi connectivity index (χ4v) is 3.31. The van der Waals surface area contributed by atoms with Gasteiger partial charge < -0.3 is 10.2 Å². The summed E-state index contributed by atoms with van der Waals surface area (Å²) in [5.41, 5.74) is 0.774. The van der Waals surface area contributed by atoms with Crippen molar-refractivity contribution in [1.29, 1.82) is 0 Å². The summed E-state index contributed by atoms with van der Waals surface area (Å²) in [7, 11) is 0. The Morgan fingerprint density at radius 2 is 1.87 bits per heavy atom. The highest BCUT2D eigenvalue weighted by Crippen LogP contribution is 2.18. The van der Waals surface area contributed by atoms with E-state index in [-0.39, 0.29) is 17.7 Å². The van der Waals surface area contributed by atoms with Crippen LogP contribution in [-0.2, 0) is 9.59 Å². The van der Waals surface area contributed by atoms with Gasteiger partial charge in [-0.3, -0.25) is 9.59 Å². The molecule has 0 spiro atoms. The molecular weight excluding hydrogens is 356 g/mol. The molecule has 1 aromatic rings. The molecule has 0 unspecified atom stereocenters. The number of hydrogen-bond donors (Lipinski definition) is 1. The van der Waals surface area contributed by atoms with Gasteiger partial charge in [0.1, 0.15) is 0 Å². The molecule has 0 aromatic heterocycles. The first kappa shape index (κ1) is 18.0. The van der Waals surface area contributed by atoms with Crippen LogP contribution in [0.2, 0.25) is 0 Å². The molecule has 1 heterocycles. The van der Waals surface area contributed by atoms with E-state index < -0.39 is 0 Å². The van der Waals surface area contributed by atoms with E-state index in [1.165, 1.54) is 12.8 Å². The third-order valence-electron chi connectivity index (χ3n) is 4.12. The fourth-order valence-electron chi connectivity index (χ4n) is 2.91. The smallest absolute Gasteiger partial charge is 0.224 e. The van der Waals surface area contributed by atoms with Crippen LogP contribution in [0.4, 0.5) is 5.69 Å². The molecule has 0 radical (unpaired) electrons. The van der Waals surface area contributed by atoms with E-state index in [0.29, 0.717) is 12.8 Å². The maximum atomic E-state index is 12.3. The zero-order valence-electron chi connectivity index (χ0n) is 13.7. The highest BCUT2D eigenvalue weighted by Gasteiger charge is 2.19. The van der Waals surface area contributed by atoms with Gasteiger partial charge in [-0.15, -0.1) is 0 Å². The molecule has 4 nitrogen and oxygen atoms in total. The van der Waals surface area contributed by atoms with E-state index in [1.807, 2.05) is 36.1 Å². The number of anilines is 1. The predicted octanol–water partition coefficient (Wildman–Crippen LogP) is 4.21. The molecule has 1 saturated heterocycles. The van der Waals surface area contributed by atoms with Crippen molar-refractivity contribution in [2.75, 3.05) is 18.4 Å². The number of halogens is 1. The van der Waals surface area contributed by atoms with E-state index in [9.17, 15) is 9.59 Å². The lowest BCUT2D eigenvalue weighted by atomic mass is 10.0. The second kappa shape index (κ2) is 9.06. The van der Waals surface area contributed by atoms with Gasteiger partial charge in [0.15, 0.2) is 0 Å². The van der Waals surface area contributed by atoms with E-state index in [1.54, 1.807) is 0 Å².